The fourth-order valence-electron chi connectivity index (χ4n) is 3.42. The van der Waals surface area contributed by atoms with Crippen LogP contribution in [0.3, 0.4) is 0 Å². The summed E-state index contributed by atoms with van der Waals surface area (Å²) in [7, 11) is 0. The lowest BCUT2D eigenvalue weighted by Gasteiger charge is -2.28. The van der Waals surface area contributed by atoms with E-state index in [2.05, 4.69) is 4.98 Å². The summed E-state index contributed by atoms with van der Waals surface area (Å²) in [6.07, 6.45) is 3.73. The summed E-state index contributed by atoms with van der Waals surface area (Å²) in [4.78, 5) is 30.6. The number of rotatable bonds is 3. The van der Waals surface area contributed by atoms with E-state index in [1.165, 1.54) is 11.0 Å². The number of fused-ring (bicyclic) bond motifs is 1. The first kappa shape index (κ1) is 15.6. The molecule has 0 bridgehead atoms. The maximum atomic E-state index is 14.7. The second-order valence-electron chi connectivity index (χ2n) is 6.30. The number of cyclic esters (lactones) is 1. The molecule has 8 heteroatoms. The zero-order valence-corrected chi connectivity index (χ0v) is 13.4. The van der Waals surface area contributed by atoms with E-state index in [4.69, 9.17) is 10.5 Å². The van der Waals surface area contributed by atoms with Crippen LogP contribution in [0.2, 0.25) is 0 Å². The van der Waals surface area contributed by atoms with Gasteiger partial charge in [-0.3, -0.25) is 14.7 Å². The SMILES string of the molecule is NC(=O)C1CN(C2C=C(F)C(N3Cc4cccnc4C3)=CC2)C(=O)O1. The van der Waals surface area contributed by atoms with Crippen molar-refractivity contribution in [3.8, 4) is 0 Å². The van der Waals surface area contributed by atoms with Crippen molar-refractivity contribution in [3.63, 3.8) is 0 Å². The number of amides is 2. The van der Waals surface area contributed by atoms with Crippen molar-refractivity contribution in [2.75, 3.05) is 6.54 Å². The topological polar surface area (TPSA) is 88.8 Å². The molecule has 3 heterocycles. The smallest absolute Gasteiger partial charge is 0.411 e. The molecule has 3 aliphatic rings. The Morgan fingerprint density at radius 3 is 2.92 bits per heavy atom. The number of halogens is 1. The van der Waals surface area contributed by atoms with Gasteiger partial charge in [-0.1, -0.05) is 12.1 Å². The molecule has 1 aromatic heterocycles. The van der Waals surface area contributed by atoms with Gasteiger partial charge in [-0.2, -0.15) is 0 Å². The number of primary amides is 1. The highest BCUT2D eigenvalue weighted by Crippen LogP contribution is 2.33. The molecular formula is C17H17FN4O3. The Labute approximate surface area is 143 Å². The number of hydrogen-bond acceptors (Lipinski definition) is 5. The van der Waals surface area contributed by atoms with E-state index in [1.807, 2.05) is 17.0 Å². The third-order valence-electron chi connectivity index (χ3n) is 4.72. The monoisotopic (exact) mass is 344 g/mol. The summed E-state index contributed by atoms with van der Waals surface area (Å²) in [5.41, 5.74) is 7.71. The van der Waals surface area contributed by atoms with E-state index in [9.17, 15) is 14.0 Å². The van der Waals surface area contributed by atoms with Gasteiger partial charge in [0.2, 0.25) is 0 Å². The van der Waals surface area contributed by atoms with Crippen molar-refractivity contribution in [1.82, 2.24) is 14.8 Å². The number of carbonyl (C=O) groups excluding carboxylic acids is 2. The van der Waals surface area contributed by atoms with Crippen LogP contribution in [-0.4, -0.2) is 45.5 Å². The van der Waals surface area contributed by atoms with Gasteiger partial charge in [0.15, 0.2) is 6.10 Å². The molecule has 0 saturated carbocycles. The van der Waals surface area contributed by atoms with Gasteiger partial charge < -0.3 is 15.4 Å². The van der Waals surface area contributed by atoms with Gasteiger partial charge in [0, 0.05) is 12.7 Å². The fraction of sp³-hybridized carbons (Fsp3) is 0.353. The Hall–Kier alpha value is -2.90. The molecule has 4 rings (SSSR count). The Morgan fingerprint density at radius 1 is 1.40 bits per heavy atom. The second kappa shape index (κ2) is 5.87. The minimum Gasteiger partial charge on any atom is -0.434 e. The van der Waals surface area contributed by atoms with E-state index in [0.717, 1.165) is 11.3 Å². The third-order valence-corrected chi connectivity index (χ3v) is 4.72. The summed E-state index contributed by atoms with van der Waals surface area (Å²) in [6, 6.07) is 3.37. The van der Waals surface area contributed by atoms with Gasteiger partial charge in [0.25, 0.3) is 5.91 Å². The summed E-state index contributed by atoms with van der Waals surface area (Å²) in [5.74, 6) is -1.09. The fourth-order valence-corrected chi connectivity index (χ4v) is 3.42. The second-order valence-corrected chi connectivity index (χ2v) is 6.30. The Morgan fingerprint density at radius 2 is 2.24 bits per heavy atom. The molecule has 7 nitrogen and oxygen atoms in total. The molecule has 25 heavy (non-hydrogen) atoms. The first-order chi connectivity index (χ1) is 12.0. The number of hydrogen-bond donors (Lipinski definition) is 1. The molecule has 1 fully saturated rings. The molecule has 2 N–H and O–H groups in total. The maximum Gasteiger partial charge on any atom is 0.411 e. The molecule has 2 aliphatic heterocycles. The Kier molecular flexibility index (Phi) is 3.67. The Bertz CT molecular complexity index is 782. The van der Waals surface area contributed by atoms with Gasteiger partial charge in [-0.15, -0.1) is 0 Å². The number of ether oxygens (including phenoxy) is 1. The minimum absolute atomic E-state index is 0.0465. The van der Waals surface area contributed by atoms with Crippen LogP contribution in [0.25, 0.3) is 0 Å². The normalized spacial score (nSPS) is 25.4. The van der Waals surface area contributed by atoms with Crippen molar-refractivity contribution in [2.24, 2.45) is 5.73 Å². The standard InChI is InChI=1S/C17H17FN4O3/c18-12-6-11(22-9-15(16(19)23)25-17(22)24)3-4-14(12)21-7-10-2-1-5-20-13(10)8-21/h1-2,4-6,11,15H,3,7-9H2,(H2,19,23). The number of aromatic nitrogens is 1. The zero-order chi connectivity index (χ0) is 17.6. The van der Waals surface area contributed by atoms with Crippen LogP contribution in [-0.2, 0) is 22.6 Å². The van der Waals surface area contributed by atoms with Crippen LogP contribution in [0.5, 0.6) is 0 Å². The molecule has 2 atom stereocenters. The van der Waals surface area contributed by atoms with Gasteiger partial charge in [0.05, 0.1) is 30.5 Å². The molecule has 0 radical (unpaired) electrons. The van der Waals surface area contributed by atoms with E-state index in [-0.39, 0.29) is 12.4 Å². The van der Waals surface area contributed by atoms with Gasteiger partial charge in [0.1, 0.15) is 5.83 Å². The number of nitrogens with zero attached hydrogens (tertiary/aromatic N) is 3. The molecule has 2 amide bonds. The van der Waals surface area contributed by atoms with Gasteiger partial charge in [-0.05, 0) is 24.1 Å². The van der Waals surface area contributed by atoms with E-state index < -0.39 is 24.1 Å². The number of allylic oxidation sites excluding steroid dienone is 1. The predicted molar refractivity (Wildman–Crippen MR) is 85.3 cm³/mol. The first-order valence-electron chi connectivity index (χ1n) is 8.05. The molecule has 1 aromatic rings. The highest BCUT2D eigenvalue weighted by Gasteiger charge is 2.39. The van der Waals surface area contributed by atoms with Gasteiger partial charge in [-0.25, -0.2) is 9.18 Å². The van der Waals surface area contributed by atoms with Crippen molar-refractivity contribution < 1.29 is 18.7 Å². The third kappa shape index (κ3) is 2.73. The lowest BCUT2D eigenvalue weighted by molar-refractivity contribution is -0.124. The number of nitrogens with two attached hydrogens (primary N) is 1. The van der Waals surface area contributed by atoms with Crippen LogP contribution >= 0.6 is 0 Å². The summed E-state index contributed by atoms with van der Waals surface area (Å²) in [5, 5.41) is 0. The highest BCUT2D eigenvalue weighted by molar-refractivity contribution is 5.85. The minimum atomic E-state index is -0.978. The molecule has 130 valence electrons. The van der Waals surface area contributed by atoms with Gasteiger partial charge >= 0.3 is 6.09 Å². The predicted octanol–water partition coefficient (Wildman–Crippen LogP) is 1.21. The summed E-state index contributed by atoms with van der Waals surface area (Å²) < 4.78 is 19.6. The van der Waals surface area contributed by atoms with E-state index in [0.29, 0.717) is 25.2 Å². The number of pyridine rings is 1. The average molecular weight is 344 g/mol. The van der Waals surface area contributed by atoms with Crippen LogP contribution in [0.4, 0.5) is 9.18 Å². The van der Waals surface area contributed by atoms with Crippen LogP contribution in [0.1, 0.15) is 17.7 Å². The summed E-state index contributed by atoms with van der Waals surface area (Å²) in [6.45, 7) is 1.21. The molecular weight excluding hydrogens is 327 g/mol. The molecule has 1 aliphatic carbocycles. The summed E-state index contributed by atoms with van der Waals surface area (Å²) >= 11 is 0. The molecule has 2 unspecified atom stereocenters. The lowest BCUT2D eigenvalue weighted by Crippen LogP contribution is -2.38. The lowest BCUT2D eigenvalue weighted by atomic mass is 10.0. The van der Waals surface area contributed by atoms with Crippen molar-refractivity contribution >= 4 is 12.0 Å². The maximum absolute atomic E-state index is 14.7. The van der Waals surface area contributed by atoms with Crippen molar-refractivity contribution in [2.45, 2.75) is 31.7 Å². The first-order valence-corrected chi connectivity index (χ1v) is 8.05. The number of carbonyl (C=O) groups is 2. The highest BCUT2D eigenvalue weighted by atomic mass is 19.1. The van der Waals surface area contributed by atoms with Crippen LogP contribution in [0, 0.1) is 0 Å². The Balaban J connectivity index is 1.47. The van der Waals surface area contributed by atoms with E-state index in [1.54, 1.807) is 12.3 Å². The largest absolute Gasteiger partial charge is 0.434 e. The van der Waals surface area contributed by atoms with Crippen molar-refractivity contribution in [1.29, 1.82) is 0 Å². The van der Waals surface area contributed by atoms with Crippen LogP contribution in [0.15, 0.2) is 42.0 Å². The average Bonchev–Trinajstić information content (AvgIpc) is 3.18. The quantitative estimate of drug-likeness (QED) is 0.890. The molecule has 0 spiro atoms. The zero-order valence-electron chi connectivity index (χ0n) is 13.4. The molecule has 0 aromatic carbocycles. The molecule has 1 saturated heterocycles. The van der Waals surface area contributed by atoms with E-state index >= 15 is 0 Å². The van der Waals surface area contributed by atoms with Crippen molar-refractivity contribution in [3.05, 3.63) is 53.3 Å². The van der Waals surface area contributed by atoms with Crippen LogP contribution < -0.4 is 5.73 Å².